The molecular formula is C17H23N3. The fourth-order valence-corrected chi connectivity index (χ4v) is 2.15. The smallest absolute Gasteiger partial charge is 0.131 e. The van der Waals surface area contributed by atoms with Crippen LogP contribution < -0.4 is 5.73 Å². The highest BCUT2D eigenvalue weighted by Crippen LogP contribution is 2.28. The summed E-state index contributed by atoms with van der Waals surface area (Å²) in [5, 5.41) is 0. The molecule has 0 amide bonds. The monoisotopic (exact) mass is 269 g/mol. The van der Waals surface area contributed by atoms with E-state index in [2.05, 4.69) is 55.0 Å². The third kappa shape index (κ3) is 2.82. The fourth-order valence-electron chi connectivity index (χ4n) is 2.15. The molecular weight excluding hydrogens is 246 g/mol. The maximum atomic E-state index is 5.98. The molecule has 1 heterocycles. The molecule has 0 fully saturated rings. The second-order valence-corrected chi connectivity index (χ2v) is 6.18. The Morgan fingerprint density at radius 3 is 2.15 bits per heavy atom. The average molecular weight is 269 g/mol. The van der Waals surface area contributed by atoms with E-state index in [1.807, 2.05) is 13.8 Å². The van der Waals surface area contributed by atoms with Crippen LogP contribution in [0.3, 0.4) is 0 Å². The summed E-state index contributed by atoms with van der Waals surface area (Å²) >= 11 is 0. The van der Waals surface area contributed by atoms with Crippen molar-refractivity contribution in [3.05, 3.63) is 41.2 Å². The molecule has 0 bridgehead atoms. The van der Waals surface area contributed by atoms with Gasteiger partial charge in [-0.2, -0.15) is 0 Å². The summed E-state index contributed by atoms with van der Waals surface area (Å²) in [5.74, 6) is 1.37. The van der Waals surface area contributed by atoms with E-state index in [1.165, 1.54) is 5.56 Å². The molecule has 2 aromatic rings. The molecule has 0 saturated carbocycles. The zero-order chi connectivity index (χ0) is 14.9. The van der Waals surface area contributed by atoms with E-state index in [9.17, 15) is 0 Å². The Bertz CT molecular complexity index is 607. The minimum atomic E-state index is 0.160. The predicted octanol–water partition coefficient (Wildman–Crippen LogP) is 3.89. The van der Waals surface area contributed by atoms with Crippen LogP contribution in [0, 0.1) is 6.92 Å². The van der Waals surface area contributed by atoms with E-state index in [1.54, 1.807) is 0 Å². The lowest BCUT2D eigenvalue weighted by Crippen LogP contribution is -2.10. The quantitative estimate of drug-likeness (QED) is 0.899. The first-order chi connectivity index (χ1) is 9.32. The van der Waals surface area contributed by atoms with Crippen LogP contribution in [-0.4, -0.2) is 9.97 Å². The molecule has 3 nitrogen and oxygen atoms in total. The van der Waals surface area contributed by atoms with Gasteiger partial charge in [-0.25, -0.2) is 9.97 Å². The molecule has 20 heavy (non-hydrogen) atoms. The Hall–Kier alpha value is -1.90. The number of aromatic nitrogens is 2. The molecule has 2 rings (SSSR count). The third-order valence-corrected chi connectivity index (χ3v) is 3.57. The topological polar surface area (TPSA) is 51.8 Å². The second kappa shape index (κ2) is 5.23. The van der Waals surface area contributed by atoms with Crippen LogP contribution >= 0.6 is 0 Å². The van der Waals surface area contributed by atoms with Gasteiger partial charge >= 0.3 is 0 Å². The van der Waals surface area contributed by atoms with E-state index in [0.717, 1.165) is 29.1 Å². The highest BCUT2D eigenvalue weighted by atomic mass is 15.0. The van der Waals surface area contributed by atoms with Crippen molar-refractivity contribution in [2.24, 2.45) is 0 Å². The zero-order valence-electron chi connectivity index (χ0n) is 13.0. The maximum absolute atomic E-state index is 5.98. The van der Waals surface area contributed by atoms with Gasteiger partial charge in [0, 0.05) is 17.5 Å². The molecule has 0 aliphatic heterocycles. The summed E-state index contributed by atoms with van der Waals surface area (Å²) in [7, 11) is 0. The van der Waals surface area contributed by atoms with Gasteiger partial charge in [0.1, 0.15) is 11.6 Å². The summed E-state index contributed by atoms with van der Waals surface area (Å²) in [5.41, 5.74) is 10.4. The van der Waals surface area contributed by atoms with Gasteiger partial charge in [0.05, 0.1) is 5.69 Å². The van der Waals surface area contributed by atoms with Crippen molar-refractivity contribution in [2.45, 2.75) is 46.5 Å². The lowest BCUT2D eigenvalue weighted by molar-refractivity contribution is 0.590. The van der Waals surface area contributed by atoms with Crippen molar-refractivity contribution >= 4 is 5.82 Å². The van der Waals surface area contributed by atoms with Crippen molar-refractivity contribution in [2.75, 3.05) is 5.73 Å². The number of aryl methyl sites for hydroxylation is 1. The summed E-state index contributed by atoms with van der Waals surface area (Å²) in [6.45, 7) is 10.7. The lowest BCUT2D eigenvalue weighted by atomic mass is 9.86. The maximum Gasteiger partial charge on any atom is 0.131 e. The standard InChI is InChI=1S/C17H23N3/c1-6-14-19-15(11(2)16(18)20-14)12-7-9-13(10-8-12)17(3,4)5/h7-10H,6H2,1-5H3,(H2,18,19,20). The highest BCUT2D eigenvalue weighted by Gasteiger charge is 2.15. The second-order valence-electron chi connectivity index (χ2n) is 6.18. The first-order valence-corrected chi connectivity index (χ1v) is 7.07. The number of benzene rings is 1. The Labute approximate surface area is 121 Å². The predicted molar refractivity (Wildman–Crippen MR) is 84.7 cm³/mol. The Morgan fingerprint density at radius 2 is 1.65 bits per heavy atom. The summed E-state index contributed by atoms with van der Waals surface area (Å²) < 4.78 is 0. The van der Waals surface area contributed by atoms with Crippen LogP contribution in [0.1, 0.15) is 44.6 Å². The van der Waals surface area contributed by atoms with Crippen LogP contribution in [0.15, 0.2) is 24.3 Å². The Morgan fingerprint density at radius 1 is 1.05 bits per heavy atom. The number of hydrogen-bond acceptors (Lipinski definition) is 3. The number of rotatable bonds is 2. The van der Waals surface area contributed by atoms with Gasteiger partial charge in [-0.15, -0.1) is 0 Å². The molecule has 0 radical (unpaired) electrons. The Kier molecular flexibility index (Phi) is 3.80. The van der Waals surface area contributed by atoms with Crippen LogP contribution in [-0.2, 0) is 11.8 Å². The van der Waals surface area contributed by atoms with Gasteiger partial charge in [0.2, 0.25) is 0 Å². The van der Waals surface area contributed by atoms with Gasteiger partial charge in [0.25, 0.3) is 0 Å². The molecule has 1 aromatic carbocycles. The van der Waals surface area contributed by atoms with Crippen molar-refractivity contribution in [3.63, 3.8) is 0 Å². The van der Waals surface area contributed by atoms with Crippen molar-refractivity contribution in [1.29, 1.82) is 0 Å². The van der Waals surface area contributed by atoms with Crippen molar-refractivity contribution in [3.8, 4) is 11.3 Å². The van der Waals surface area contributed by atoms with E-state index in [-0.39, 0.29) is 5.41 Å². The third-order valence-electron chi connectivity index (χ3n) is 3.57. The Balaban J connectivity index is 2.49. The zero-order valence-corrected chi connectivity index (χ0v) is 13.0. The molecule has 0 unspecified atom stereocenters. The summed E-state index contributed by atoms with van der Waals surface area (Å²) in [6, 6.07) is 8.57. The minimum Gasteiger partial charge on any atom is -0.383 e. The fraction of sp³-hybridized carbons (Fsp3) is 0.412. The molecule has 3 heteroatoms. The normalized spacial score (nSPS) is 11.7. The van der Waals surface area contributed by atoms with Crippen molar-refractivity contribution < 1.29 is 0 Å². The van der Waals surface area contributed by atoms with Crippen LogP contribution in [0.5, 0.6) is 0 Å². The molecule has 0 spiro atoms. The average Bonchev–Trinajstić information content (AvgIpc) is 2.41. The largest absolute Gasteiger partial charge is 0.383 e. The molecule has 0 atom stereocenters. The van der Waals surface area contributed by atoms with Crippen LogP contribution in [0.4, 0.5) is 5.82 Å². The summed E-state index contributed by atoms with van der Waals surface area (Å²) in [6.07, 6.45) is 0.789. The van der Waals surface area contributed by atoms with Crippen molar-refractivity contribution in [1.82, 2.24) is 9.97 Å². The molecule has 0 aliphatic carbocycles. The number of nitrogens with zero attached hydrogens (tertiary/aromatic N) is 2. The molecule has 1 aromatic heterocycles. The van der Waals surface area contributed by atoms with E-state index >= 15 is 0 Å². The van der Waals surface area contributed by atoms with Gasteiger partial charge in [0.15, 0.2) is 0 Å². The number of nitrogen functional groups attached to an aromatic ring is 1. The molecule has 0 saturated heterocycles. The van der Waals surface area contributed by atoms with Gasteiger partial charge in [-0.3, -0.25) is 0 Å². The molecule has 2 N–H and O–H groups in total. The highest BCUT2D eigenvalue weighted by molar-refractivity contribution is 5.67. The van der Waals surface area contributed by atoms with E-state index < -0.39 is 0 Å². The number of nitrogens with two attached hydrogens (primary N) is 1. The first-order valence-electron chi connectivity index (χ1n) is 7.07. The SMILES string of the molecule is CCc1nc(N)c(C)c(-c2ccc(C(C)(C)C)cc2)n1. The van der Waals surface area contributed by atoms with Gasteiger partial charge < -0.3 is 5.73 Å². The van der Waals surface area contributed by atoms with Crippen LogP contribution in [0.2, 0.25) is 0 Å². The van der Waals surface area contributed by atoms with Gasteiger partial charge in [-0.1, -0.05) is 52.0 Å². The molecule has 106 valence electrons. The summed E-state index contributed by atoms with van der Waals surface area (Å²) in [4.78, 5) is 8.92. The minimum absolute atomic E-state index is 0.160. The van der Waals surface area contributed by atoms with Crippen LogP contribution in [0.25, 0.3) is 11.3 Å². The molecule has 0 aliphatic rings. The lowest BCUT2D eigenvalue weighted by Gasteiger charge is -2.19. The van der Waals surface area contributed by atoms with E-state index in [4.69, 9.17) is 5.73 Å². The van der Waals surface area contributed by atoms with E-state index in [0.29, 0.717) is 5.82 Å². The number of hydrogen-bond donors (Lipinski definition) is 1. The first kappa shape index (κ1) is 14.5. The number of anilines is 1. The van der Waals surface area contributed by atoms with Gasteiger partial charge in [-0.05, 0) is 17.9 Å².